The molecule has 1 aromatic rings. The third kappa shape index (κ3) is 3.55. The monoisotopic (exact) mass is 226 g/mol. The van der Waals surface area contributed by atoms with Gasteiger partial charge >= 0.3 is 0 Å². The van der Waals surface area contributed by atoms with Crippen molar-refractivity contribution in [3.05, 3.63) is 16.1 Å². The Bertz CT molecular complexity index is 307. The van der Waals surface area contributed by atoms with Crippen molar-refractivity contribution in [1.29, 1.82) is 0 Å². The van der Waals surface area contributed by atoms with Crippen LogP contribution in [0, 0.1) is 0 Å². The molecule has 4 heteroatoms. The van der Waals surface area contributed by atoms with Gasteiger partial charge in [0, 0.05) is 23.5 Å². The van der Waals surface area contributed by atoms with Gasteiger partial charge in [-0.25, -0.2) is 4.98 Å². The first-order valence-electron chi connectivity index (χ1n) is 5.59. The number of aliphatic hydroxyl groups excluding tert-OH is 1. The average molecular weight is 226 g/mol. The van der Waals surface area contributed by atoms with Crippen LogP contribution in [0.15, 0.2) is 6.20 Å². The summed E-state index contributed by atoms with van der Waals surface area (Å²) < 4.78 is 0. The summed E-state index contributed by atoms with van der Waals surface area (Å²) in [6.45, 7) is 3.57. The van der Waals surface area contributed by atoms with Crippen LogP contribution in [0.5, 0.6) is 0 Å². The zero-order valence-corrected chi connectivity index (χ0v) is 9.89. The van der Waals surface area contributed by atoms with Crippen molar-refractivity contribution >= 4 is 11.3 Å². The number of nitrogens with zero attached hydrogens (tertiary/aromatic N) is 1. The number of hydrogen-bond donors (Lipinski definition) is 2. The van der Waals surface area contributed by atoms with Crippen LogP contribution in [-0.4, -0.2) is 22.7 Å². The number of nitrogens with one attached hydrogen (secondary N) is 1. The minimum atomic E-state index is -0.207. The molecule has 84 valence electrons. The van der Waals surface area contributed by atoms with E-state index in [1.165, 1.54) is 22.7 Å². The summed E-state index contributed by atoms with van der Waals surface area (Å²) in [7, 11) is 0. The second-order valence-corrected chi connectivity index (χ2v) is 5.40. The van der Waals surface area contributed by atoms with Gasteiger partial charge in [-0.3, -0.25) is 0 Å². The molecule has 0 aromatic carbocycles. The van der Waals surface area contributed by atoms with Gasteiger partial charge in [0.1, 0.15) is 0 Å². The Labute approximate surface area is 94.5 Å². The van der Waals surface area contributed by atoms with Gasteiger partial charge in [0.05, 0.1) is 11.1 Å². The summed E-state index contributed by atoms with van der Waals surface area (Å²) in [5.74, 6) is 0.765. The Morgan fingerprint density at radius 2 is 2.47 bits per heavy atom. The molecule has 0 saturated heterocycles. The fraction of sp³-hybridized carbons (Fsp3) is 0.727. The Kier molecular flexibility index (Phi) is 3.72. The predicted molar refractivity (Wildman–Crippen MR) is 62.1 cm³/mol. The highest BCUT2D eigenvalue weighted by Crippen LogP contribution is 2.41. The van der Waals surface area contributed by atoms with Gasteiger partial charge in [-0.05, 0) is 32.7 Å². The lowest BCUT2D eigenvalue weighted by Gasteiger charge is -2.04. The fourth-order valence-electron chi connectivity index (χ4n) is 1.45. The highest BCUT2D eigenvalue weighted by molar-refractivity contribution is 7.11. The van der Waals surface area contributed by atoms with Crippen molar-refractivity contribution in [2.45, 2.75) is 44.8 Å². The first-order valence-corrected chi connectivity index (χ1v) is 6.40. The molecular weight excluding hydrogens is 208 g/mol. The fourth-order valence-corrected chi connectivity index (χ4v) is 2.50. The van der Waals surface area contributed by atoms with Crippen LogP contribution >= 0.6 is 11.3 Å². The van der Waals surface area contributed by atoms with E-state index in [-0.39, 0.29) is 6.10 Å². The summed E-state index contributed by atoms with van der Waals surface area (Å²) >= 11 is 1.83. The molecule has 2 N–H and O–H groups in total. The van der Waals surface area contributed by atoms with E-state index in [1.54, 1.807) is 0 Å². The van der Waals surface area contributed by atoms with Crippen LogP contribution in [0.25, 0.3) is 0 Å². The van der Waals surface area contributed by atoms with Crippen LogP contribution in [0.1, 0.15) is 42.0 Å². The first-order chi connectivity index (χ1) is 7.25. The summed E-state index contributed by atoms with van der Waals surface area (Å²) in [5.41, 5.74) is 0. The molecule has 1 aromatic heterocycles. The maximum absolute atomic E-state index is 9.08. The van der Waals surface area contributed by atoms with Crippen molar-refractivity contribution in [1.82, 2.24) is 10.3 Å². The molecule has 0 radical (unpaired) electrons. The molecule has 1 fully saturated rings. The largest absolute Gasteiger partial charge is 0.393 e. The van der Waals surface area contributed by atoms with Crippen LogP contribution in [0.2, 0.25) is 0 Å². The quantitative estimate of drug-likeness (QED) is 0.728. The molecule has 1 heterocycles. The van der Waals surface area contributed by atoms with Gasteiger partial charge in [0.15, 0.2) is 0 Å². The van der Waals surface area contributed by atoms with Crippen molar-refractivity contribution in [3.8, 4) is 0 Å². The molecule has 2 rings (SSSR count). The van der Waals surface area contributed by atoms with Crippen molar-refractivity contribution < 1.29 is 5.11 Å². The molecule has 0 amide bonds. The lowest BCUT2D eigenvalue weighted by atomic mass is 10.3. The minimum absolute atomic E-state index is 0.207. The topological polar surface area (TPSA) is 45.1 Å². The zero-order chi connectivity index (χ0) is 10.7. The van der Waals surface area contributed by atoms with Gasteiger partial charge in [0.25, 0.3) is 0 Å². The van der Waals surface area contributed by atoms with Crippen molar-refractivity contribution in [3.63, 3.8) is 0 Å². The highest BCUT2D eigenvalue weighted by atomic mass is 32.1. The number of aromatic nitrogens is 1. The normalized spacial score (nSPS) is 18.0. The second-order valence-electron chi connectivity index (χ2n) is 4.25. The summed E-state index contributed by atoms with van der Waals surface area (Å²) in [5, 5.41) is 13.7. The van der Waals surface area contributed by atoms with Crippen LogP contribution < -0.4 is 5.32 Å². The zero-order valence-electron chi connectivity index (χ0n) is 9.07. The van der Waals surface area contributed by atoms with Gasteiger partial charge < -0.3 is 10.4 Å². The summed E-state index contributed by atoms with van der Waals surface area (Å²) in [6.07, 6.45) is 5.23. The molecule has 0 spiro atoms. The number of aliphatic hydroxyl groups is 1. The first kappa shape index (κ1) is 11.0. The molecule has 1 atom stereocenters. The van der Waals surface area contributed by atoms with E-state index < -0.39 is 0 Å². The van der Waals surface area contributed by atoms with E-state index >= 15 is 0 Å². The van der Waals surface area contributed by atoms with Gasteiger partial charge in [0.2, 0.25) is 0 Å². The smallest absolute Gasteiger partial charge is 0.0959 e. The van der Waals surface area contributed by atoms with E-state index in [2.05, 4.69) is 10.3 Å². The van der Waals surface area contributed by atoms with Gasteiger partial charge in [-0.1, -0.05) is 0 Å². The van der Waals surface area contributed by atoms with E-state index in [0.29, 0.717) is 0 Å². The number of rotatable bonds is 6. The molecule has 1 aliphatic carbocycles. The van der Waals surface area contributed by atoms with Gasteiger partial charge in [-0.2, -0.15) is 0 Å². The van der Waals surface area contributed by atoms with Crippen LogP contribution in [0.4, 0.5) is 0 Å². The maximum atomic E-state index is 9.08. The van der Waals surface area contributed by atoms with E-state index in [0.717, 1.165) is 25.4 Å². The summed E-state index contributed by atoms with van der Waals surface area (Å²) in [6, 6.07) is 0. The Hall–Kier alpha value is -0.450. The van der Waals surface area contributed by atoms with E-state index in [9.17, 15) is 0 Å². The lowest BCUT2D eigenvalue weighted by molar-refractivity contribution is 0.183. The standard InChI is InChI=1S/C11H18N2OS/c1-8(14)4-5-12-6-10-7-13-11(15-10)9-2-3-9/h7-9,12,14H,2-6H2,1H3. The predicted octanol–water partition coefficient (Wildman–Crippen LogP) is 1.88. The van der Waals surface area contributed by atoms with E-state index in [4.69, 9.17) is 5.11 Å². The van der Waals surface area contributed by atoms with Crippen LogP contribution in [0.3, 0.4) is 0 Å². The minimum Gasteiger partial charge on any atom is -0.393 e. The molecule has 0 aliphatic heterocycles. The molecule has 1 saturated carbocycles. The van der Waals surface area contributed by atoms with Crippen molar-refractivity contribution in [2.24, 2.45) is 0 Å². The lowest BCUT2D eigenvalue weighted by Crippen LogP contribution is -2.17. The number of thiazole rings is 1. The number of hydrogen-bond acceptors (Lipinski definition) is 4. The Morgan fingerprint density at radius 1 is 1.67 bits per heavy atom. The third-order valence-corrected chi connectivity index (χ3v) is 3.70. The average Bonchev–Trinajstić information content (AvgIpc) is 2.94. The summed E-state index contributed by atoms with van der Waals surface area (Å²) in [4.78, 5) is 5.73. The second kappa shape index (κ2) is 5.05. The molecule has 15 heavy (non-hydrogen) atoms. The van der Waals surface area contributed by atoms with Gasteiger partial charge in [-0.15, -0.1) is 11.3 Å². The molecule has 0 bridgehead atoms. The van der Waals surface area contributed by atoms with Crippen molar-refractivity contribution in [2.75, 3.05) is 6.54 Å². The Balaban J connectivity index is 1.69. The third-order valence-electron chi connectivity index (χ3n) is 2.54. The van der Waals surface area contributed by atoms with Crippen LogP contribution in [-0.2, 0) is 6.54 Å². The Morgan fingerprint density at radius 3 is 3.13 bits per heavy atom. The van der Waals surface area contributed by atoms with E-state index in [1.807, 2.05) is 24.5 Å². The highest BCUT2D eigenvalue weighted by Gasteiger charge is 2.26. The SMILES string of the molecule is CC(O)CCNCc1cnc(C2CC2)s1. The molecule has 1 aliphatic rings. The maximum Gasteiger partial charge on any atom is 0.0959 e. The molecule has 1 unspecified atom stereocenters. The molecular formula is C11H18N2OS. The molecule has 3 nitrogen and oxygen atoms in total.